The highest BCUT2D eigenvalue weighted by molar-refractivity contribution is 5.73. The van der Waals surface area contributed by atoms with E-state index >= 15 is 0 Å². The summed E-state index contributed by atoms with van der Waals surface area (Å²) in [5.41, 5.74) is 5.47. The van der Waals surface area contributed by atoms with Crippen LogP contribution in [-0.4, -0.2) is 28.6 Å². The summed E-state index contributed by atoms with van der Waals surface area (Å²) in [5, 5.41) is 11.2. The molecule has 0 spiro atoms. The number of hydrogen-bond donors (Lipinski definition) is 1. The van der Waals surface area contributed by atoms with Crippen LogP contribution in [0.25, 0.3) is 0 Å². The molecule has 0 amide bonds. The minimum absolute atomic E-state index is 0.0384. The van der Waals surface area contributed by atoms with Crippen molar-refractivity contribution in [1.29, 1.82) is 0 Å². The molecular weight excluding hydrogens is 458 g/mol. The normalized spacial score (nSPS) is 22.8. The van der Waals surface area contributed by atoms with E-state index in [1.807, 2.05) is 18.2 Å². The Morgan fingerprint density at radius 1 is 1.16 bits per heavy atom. The summed E-state index contributed by atoms with van der Waals surface area (Å²) in [6, 6.07) is 14.8. The number of rotatable bonds is 12. The summed E-state index contributed by atoms with van der Waals surface area (Å²) in [6.07, 6.45) is 9.62. The zero-order valence-electron chi connectivity index (χ0n) is 22.8. The number of carbonyl (C=O) groups excluding carboxylic acids is 1. The lowest BCUT2D eigenvalue weighted by molar-refractivity contribution is -0.134. The monoisotopic (exact) mass is 501 g/mol. The molecule has 4 unspecified atom stereocenters. The van der Waals surface area contributed by atoms with Gasteiger partial charge in [0.05, 0.1) is 0 Å². The highest BCUT2D eigenvalue weighted by atomic mass is 16.5. The van der Waals surface area contributed by atoms with Crippen LogP contribution >= 0.6 is 0 Å². The maximum atomic E-state index is 13.1. The van der Waals surface area contributed by atoms with E-state index in [9.17, 15) is 9.90 Å². The van der Waals surface area contributed by atoms with E-state index in [0.717, 1.165) is 74.7 Å². The third kappa shape index (κ3) is 7.35. The molecule has 198 valence electrons. The minimum atomic E-state index is -0.221. The lowest BCUT2D eigenvalue weighted by Gasteiger charge is -2.32. The molecular formula is C33H43NO3. The molecule has 2 aromatic carbocycles. The molecule has 0 bridgehead atoms. The van der Waals surface area contributed by atoms with Gasteiger partial charge in [-0.3, -0.25) is 9.69 Å². The van der Waals surface area contributed by atoms with Gasteiger partial charge in [-0.2, -0.15) is 0 Å². The highest BCUT2D eigenvalue weighted by Crippen LogP contribution is 2.47. The van der Waals surface area contributed by atoms with Crippen molar-refractivity contribution >= 4 is 5.97 Å². The van der Waals surface area contributed by atoms with Crippen LogP contribution in [0, 0.1) is 5.92 Å². The van der Waals surface area contributed by atoms with Gasteiger partial charge >= 0.3 is 5.97 Å². The fourth-order valence-electron chi connectivity index (χ4n) is 5.68. The Bertz CT molecular complexity index is 1120. The first-order valence-corrected chi connectivity index (χ1v) is 14.0. The maximum Gasteiger partial charge on any atom is 0.311 e. The van der Waals surface area contributed by atoms with E-state index in [2.05, 4.69) is 62.6 Å². The topological polar surface area (TPSA) is 49.5 Å². The van der Waals surface area contributed by atoms with Gasteiger partial charge in [-0.1, -0.05) is 73.9 Å². The number of ether oxygens (including phenoxy) is 1. The predicted octanol–water partition coefficient (Wildman–Crippen LogP) is 7.71. The molecule has 1 aliphatic carbocycles. The van der Waals surface area contributed by atoms with Gasteiger partial charge in [-0.05, 0) is 75.1 Å². The zero-order chi connectivity index (χ0) is 26.4. The molecule has 1 aliphatic heterocycles. The number of hydrogen-bond acceptors (Lipinski definition) is 4. The number of aryl methyl sites for hydroxylation is 1. The molecule has 0 radical (unpaired) electrons. The van der Waals surface area contributed by atoms with Crippen LogP contribution in [0.3, 0.4) is 0 Å². The average molecular weight is 502 g/mol. The van der Waals surface area contributed by atoms with Crippen LogP contribution in [0.5, 0.6) is 11.5 Å². The summed E-state index contributed by atoms with van der Waals surface area (Å²) < 4.78 is 6.05. The van der Waals surface area contributed by atoms with Gasteiger partial charge in [0.15, 0.2) is 0 Å². The SMILES string of the molecule is C=C(C)C1CCC(C)=CC1c1c(O)cc(CCCCC)cc1OC(=O)CCC1CN1Cc1ccccc1. The molecule has 1 heterocycles. The smallest absolute Gasteiger partial charge is 0.311 e. The minimum Gasteiger partial charge on any atom is -0.507 e. The first-order valence-electron chi connectivity index (χ1n) is 14.0. The summed E-state index contributed by atoms with van der Waals surface area (Å²) in [5.74, 6) is 0.715. The van der Waals surface area contributed by atoms with Crippen molar-refractivity contribution in [1.82, 2.24) is 4.90 Å². The Kier molecular flexibility index (Phi) is 9.26. The second-order valence-corrected chi connectivity index (χ2v) is 11.1. The quantitative estimate of drug-likeness (QED) is 0.106. The second-order valence-electron chi connectivity index (χ2n) is 11.1. The molecule has 2 aromatic rings. The molecule has 4 rings (SSSR count). The van der Waals surface area contributed by atoms with Crippen molar-refractivity contribution in [2.24, 2.45) is 5.92 Å². The molecule has 0 saturated carbocycles. The zero-order valence-corrected chi connectivity index (χ0v) is 22.8. The van der Waals surface area contributed by atoms with Crippen LogP contribution in [0.2, 0.25) is 0 Å². The lowest BCUT2D eigenvalue weighted by Crippen LogP contribution is -2.19. The summed E-state index contributed by atoms with van der Waals surface area (Å²) >= 11 is 0. The molecule has 0 aromatic heterocycles. The number of benzene rings is 2. The Balaban J connectivity index is 1.48. The Morgan fingerprint density at radius 3 is 2.68 bits per heavy atom. The highest BCUT2D eigenvalue weighted by Gasteiger charge is 2.34. The van der Waals surface area contributed by atoms with Crippen LogP contribution < -0.4 is 4.74 Å². The van der Waals surface area contributed by atoms with E-state index in [4.69, 9.17) is 4.74 Å². The number of allylic oxidation sites excluding steroid dienone is 3. The fourth-order valence-corrected chi connectivity index (χ4v) is 5.68. The Morgan fingerprint density at radius 2 is 1.95 bits per heavy atom. The Hall–Kier alpha value is -2.85. The third-order valence-electron chi connectivity index (χ3n) is 7.92. The van der Waals surface area contributed by atoms with Crippen molar-refractivity contribution in [3.8, 4) is 11.5 Å². The molecule has 1 saturated heterocycles. The number of nitrogens with zero attached hydrogens (tertiary/aromatic N) is 1. The molecule has 2 aliphatic rings. The lowest BCUT2D eigenvalue weighted by atomic mass is 9.73. The summed E-state index contributed by atoms with van der Waals surface area (Å²) in [7, 11) is 0. The number of carbonyl (C=O) groups is 1. The summed E-state index contributed by atoms with van der Waals surface area (Å²) in [4.78, 5) is 15.4. The van der Waals surface area contributed by atoms with Crippen molar-refractivity contribution in [3.05, 3.63) is 83.0 Å². The second kappa shape index (κ2) is 12.6. The van der Waals surface area contributed by atoms with Crippen LogP contribution in [-0.2, 0) is 17.8 Å². The van der Waals surface area contributed by atoms with Crippen LogP contribution in [0.4, 0.5) is 0 Å². The van der Waals surface area contributed by atoms with Crippen molar-refractivity contribution in [3.63, 3.8) is 0 Å². The number of phenols is 1. The van der Waals surface area contributed by atoms with Gasteiger partial charge in [0, 0.05) is 37.0 Å². The van der Waals surface area contributed by atoms with E-state index < -0.39 is 0 Å². The van der Waals surface area contributed by atoms with Gasteiger partial charge < -0.3 is 9.84 Å². The van der Waals surface area contributed by atoms with Crippen molar-refractivity contribution < 1.29 is 14.6 Å². The maximum absolute atomic E-state index is 13.1. The molecule has 4 atom stereocenters. The van der Waals surface area contributed by atoms with E-state index in [1.54, 1.807) is 0 Å². The van der Waals surface area contributed by atoms with Gasteiger partial charge in [0.2, 0.25) is 0 Å². The third-order valence-corrected chi connectivity index (χ3v) is 7.92. The van der Waals surface area contributed by atoms with Gasteiger partial charge in [-0.15, -0.1) is 0 Å². The Labute approximate surface area is 223 Å². The van der Waals surface area contributed by atoms with Gasteiger partial charge in [0.1, 0.15) is 11.5 Å². The van der Waals surface area contributed by atoms with E-state index in [0.29, 0.717) is 18.2 Å². The number of phenolic OH excluding ortho intramolecular Hbond substituents is 1. The molecule has 4 nitrogen and oxygen atoms in total. The first kappa shape index (κ1) is 27.2. The first-order chi connectivity index (χ1) is 17.9. The summed E-state index contributed by atoms with van der Waals surface area (Å²) in [6.45, 7) is 12.6. The average Bonchev–Trinajstić information content (AvgIpc) is 3.60. The van der Waals surface area contributed by atoms with Gasteiger partial charge in [-0.25, -0.2) is 0 Å². The number of aromatic hydroxyl groups is 1. The predicted molar refractivity (Wildman–Crippen MR) is 151 cm³/mol. The number of unbranched alkanes of at least 4 members (excludes halogenated alkanes) is 2. The molecule has 1 N–H and O–H groups in total. The molecule has 37 heavy (non-hydrogen) atoms. The van der Waals surface area contributed by atoms with Gasteiger partial charge in [0.25, 0.3) is 0 Å². The van der Waals surface area contributed by atoms with Crippen LogP contribution in [0.1, 0.15) is 88.3 Å². The van der Waals surface area contributed by atoms with Crippen LogP contribution in [0.15, 0.2) is 66.3 Å². The van der Waals surface area contributed by atoms with Crippen molar-refractivity contribution in [2.75, 3.05) is 6.54 Å². The largest absolute Gasteiger partial charge is 0.507 e. The number of esters is 1. The van der Waals surface area contributed by atoms with Crippen molar-refractivity contribution in [2.45, 2.75) is 90.6 Å². The fraction of sp³-hybridized carbons (Fsp3) is 0.485. The van der Waals surface area contributed by atoms with E-state index in [-0.39, 0.29) is 23.6 Å². The standard InChI is InChI=1S/C33H43NO3/c1-5-6-8-13-26-19-30(35)33(29-18-24(4)14-16-28(29)23(2)3)31(20-26)37-32(36)17-15-27-22-34(27)21-25-11-9-7-10-12-25/h7,9-12,18-20,27-29,35H,2,5-6,8,13-17,21-22H2,1,3-4H3. The molecule has 4 heteroatoms. The van der Waals surface area contributed by atoms with E-state index in [1.165, 1.54) is 11.1 Å². The molecule has 1 fully saturated rings.